The van der Waals surface area contributed by atoms with Crippen molar-refractivity contribution >= 4 is 15.9 Å². The minimum absolute atomic E-state index is 0.267. The van der Waals surface area contributed by atoms with Crippen LogP contribution in [0.2, 0.25) is 0 Å². The van der Waals surface area contributed by atoms with E-state index in [-0.39, 0.29) is 5.75 Å². The summed E-state index contributed by atoms with van der Waals surface area (Å²) in [5, 5.41) is 0. The molecule has 0 amide bonds. The van der Waals surface area contributed by atoms with Crippen LogP contribution < -0.4 is 9.47 Å². The molecule has 0 bridgehead atoms. The maximum atomic E-state index is 12.1. The third-order valence-corrected chi connectivity index (χ3v) is 3.62. The summed E-state index contributed by atoms with van der Waals surface area (Å²) in [7, 11) is 0. The van der Waals surface area contributed by atoms with Crippen molar-refractivity contribution < 1.29 is 22.6 Å². The summed E-state index contributed by atoms with van der Waals surface area (Å²) in [5.41, 5.74) is 0. The molecule has 0 N–H and O–H groups in total. The molecule has 0 unspecified atom stereocenters. The molecule has 0 aliphatic carbocycles. The Labute approximate surface area is 123 Å². The van der Waals surface area contributed by atoms with Gasteiger partial charge in [-0.1, -0.05) is 0 Å². The van der Waals surface area contributed by atoms with Crippen LogP contribution in [0.25, 0.3) is 0 Å². The minimum atomic E-state index is -4.68. The van der Waals surface area contributed by atoms with Crippen LogP contribution in [0.15, 0.2) is 22.7 Å². The van der Waals surface area contributed by atoms with Crippen molar-refractivity contribution in [2.45, 2.75) is 19.2 Å². The summed E-state index contributed by atoms with van der Waals surface area (Å²) < 4.78 is 46.1. The van der Waals surface area contributed by atoms with Gasteiger partial charge in [0.15, 0.2) is 0 Å². The fourth-order valence-electron chi connectivity index (χ4n) is 2.09. The van der Waals surface area contributed by atoms with Crippen molar-refractivity contribution in [2.24, 2.45) is 0 Å². The molecule has 0 spiro atoms. The van der Waals surface area contributed by atoms with Gasteiger partial charge in [-0.15, -0.1) is 13.2 Å². The normalized spacial score (nSPS) is 16.4. The molecule has 0 radical (unpaired) electrons. The molecule has 1 aliphatic heterocycles. The largest absolute Gasteiger partial charge is 0.573 e. The summed E-state index contributed by atoms with van der Waals surface area (Å²) in [6, 6.07) is 3.96. The summed E-state index contributed by atoms with van der Waals surface area (Å²) in [6.45, 7) is 3.51. The molecule has 1 heterocycles. The first-order valence-corrected chi connectivity index (χ1v) is 7.14. The predicted molar refractivity (Wildman–Crippen MR) is 72.0 cm³/mol. The summed E-state index contributed by atoms with van der Waals surface area (Å²) in [4.78, 5) is 2.30. The highest BCUT2D eigenvalue weighted by Gasteiger charge is 2.31. The SMILES string of the molecule is FC(F)(F)Oc1ccc(OCCN2CCCC2)c(Br)c1. The average molecular weight is 354 g/mol. The number of nitrogens with zero attached hydrogens (tertiary/aromatic N) is 1. The molecule has 0 saturated carbocycles. The van der Waals surface area contributed by atoms with E-state index < -0.39 is 6.36 Å². The summed E-state index contributed by atoms with van der Waals surface area (Å²) >= 11 is 3.18. The van der Waals surface area contributed by atoms with E-state index in [2.05, 4.69) is 25.6 Å². The Morgan fingerprint density at radius 2 is 1.90 bits per heavy atom. The lowest BCUT2D eigenvalue weighted by Crippen LogP contribution is -2.25. The van der Waals surface area contributed by atoms with Gasteiger partial charge in [-0.25, -0.2) is 0 Å². The number of ether oxygens (including phenoxy) is 2. The molecule has 1 fully saturated rings. The van der Waals surface area contributed by atoms with Crippen LogP contribution in [0.5, 0.6) is 11.5 Å². The molecule has 2 rings (SSSR count). The van der Waals surface area contributed by atoms with E-state index in [4.69, 9.17) is 4.74 Å². The minimum Gasteiger partial charge on any atom is -0.491 e. The van der Waals surface area contributed by atoms with Crippen LogP contribution >= 0.6 is 15.9 Å². The molecule has 1 aliphatic rings. The Morgan fingerprint density at radius 3 is 2.50 bits per heavy atom. The van der Waals surface area contributed by atoms with E-state index in [0.29, 0.717) is 16.8 Å². The van der Waals surface area contributed by atoms with Crippen LogP contribution in [0.1, 0.15) is 12.8 Å². The first kappa shape index (κ1) is 15.4. The van der Waals surface area contributed by atoms with Crippen LogP contribution in [-0.2, 0) is 0 Å². The summed E-state index contributed by atoms with van der Waals surface area (Å²) in [6.07, 6.45) is -2.25. The first-order chi connectivity index (χ1) is 9.44. The number of benzene rings is 1. The van der Waals surface area contributed by atoms with Crippen LogP contribution in [0, 0.1) is 0 Å². The van der Waals surface area contributed by atoms with Crippen molar-refractivity contribution in [3.63, 3.8) is 0 Å². The highest BCUT2D eigenvalue weighted by molar-refractivity contribution is 9.10. The Kier molecular flexibility index (Phi) is 5.15. The van der Waals surface area contributed by atoms with Crippen LogP contribution in [0.4, 0.5) is 13.2 Å². The average Bonchev–Trinajstić information content (AvgIpc) is 2.83. The van der Waals surface area contributed by atoms with Gasteiger partial charge in [0.05, 0.1) is 4.47 Å². The fraction of sp³-hybridized carbons (Fsp3) is 0.538. The van der Waals surface area contributed by atoms with E-state index in [1.807, 2.05) is 0 Å². The zero-order valence-electron chi connectivity index (χ0n) is 10.8. The molecule has 1 saturated heterocycles. The molecule has 20 heavy (non-hydrogen) atoms. The molecule has 1 aromatic rings. The van der Waals surface area contributed by atoms with Crippen molar-refractivity contribution in [2.75, 3.05) is 26.2 Å². The van der Waals surface area contributed by atoms with Gasteiger partial charge in [-0.3, -0.25) is 4.90 Å². The van der Waals surface area contributed by atoms with Crippen molar-refractivity contribution in [1.82, 2.24) is 4.90 Å². The second kappa shape index (κ2) is 6.67. The van der Waals surface area contributed by atoms with Gasteiger partial charge < -0.3 is 9.47 Å². The van der Waals surface area contributed by atoms with E-state index in [0.717, 1.165) is 19.6 Å². The lowest BCUT2D eigenvalue weighted by molar-refractivity contribution is -0.274. The molecule has 112 valence electrons. The second-order valence-electron chi connectivity index (χ2n) is 4.54. The van der Waals surface area contributed by atoms with Crippen LogP contribution in [0.3, 0.4) is 0 Å². The molecule has 0 atom stereocenters. The standard InChI is InChI=1S/C13H15BrF3NO2/c14-11-9-10(20-13(15,16)17)3-4-12(11)19-8-7-18-5-1-2-6-18/h3-4,9H,1-2,5-8H2. The van der Waals surface area contributed by atoms with Crippen molar-refractivity contribution in [3.8, 4) is 11.5 Å². The van der Waals surface area contributed by atoms with Gasteiger partial charge in [-0.05, 0) is 60.1 Å². The predicted octanol–water partition coefficient (Wildman–Crippen LogP) is 3.82. The molecule has 0 aromatic heterocycles. The zero-order valence-corrected chi connectivity index (χ0v) is 12.3. The maximum Gasteiger partial charge on any atom is 0.573 e. The van der Waals surface area contributed by atoms with Gasteiger partial charge in [0.2, 0.25) is 0 Å². The van der Waals surface area contributed by atoms with Crippen molar-refractivity contribution in [1.29, 1.82) is 0 Å². The lowest BCUT2D eigenvalue weighted by atomic mass is 10.3. The quantitative estimate of drug-likeness (QED) is 0.803. The van der Waals surface area contributed by atoms with Gasteiger partial charge >= 0.3 is 6.36 Å². The Morgan fingerprint density at radius 1 is 1.20 bits per heavy atom. The van der Waals surface area contributed by atoms with Crippen LogP contribution in [-0.4, -0.2) is 37.5 Å². The second-order valence-corrected chi connectivity index (χ2v) is 5.39. The first-order valence-electron chi connectivity index (χ1n) is 6.34. The fourth-order valence-corrected chi connectivity index (χ4v) is 2.56. The number of alkyl halides is 3. The van der Waals surface area contributed by atoms with E-state index >= 15 is 0 Å². The third-order valence-electron chi connectivity index (χ3n) is 3.00. The number of rotatable bonds is 5. The van der Waals surface area contributed by atoms with E-state index in [1.165, 1.54) is 31.0 Å². The topological polar surface area (TPSA) is 21.7 Å². The van der Waals surface area contributed by atoms with Gasteiger partial charge in [0.25, 0.3) is 0 Å². The Balaban J connectivity index is 1.85. The number of likely N-dealkylation sites (tertiary alicyclic amines) is 1. The lowest BCUT2D eigenvalue weighted by Gasteiger charge is -2.16. The highest BCUT2D eigenvalue weighted by atomic mass is 79.9. The van der Waals surface area contributed by atoms with Crippen molar-refractivity contribution in [3.05, 3.63) is 22.7 Å². The summed E-state index contributed by atoms with van der Waals surface area (Å²) in [5.74, 6) is 0.245. The highest BCUT2D eigenvalue weighted by Crippen LogP contribution is 2.31. The third kappa shape index (κ3) is 4.86. The van der Waals surface area contributed by atoms with Gasteiger partial charge in [0.1, 0.15) is 18.1 Å². The molecule has 3 nitrogen and oxygen atoms in total. The zero-order chi connectivity index (χ0) is 14.6. The van der Waals surface area contributed by atoms with E-state index in [9.17, 15) is 13.2 Å². The van der Waals surface area contributed by atoms with E-state index in [1.54, 1.807) is 0 Å². The molecular weight excluding hydrogens is 339 g/mol. The van der Waals surface area contributed by atoms with Gasteiger partial charge in [-0.2, -0.15) is 0 Å². The molecule has 7 heteroatoms. The Hall–Kier alpha value is -0.950. The number of halogens is 4. The smallest absolute Gasteiger partial charge is 0.491 e. The number of hydrogen-bond acceptors (Lipinski definition) is 3. The molecule has 1 aromatic carbocycles. The monoisotopic (exact) mass is 353 g/mol. The Bertz CT molecular complexity index is 448. The molecular formula is C13H15BrF3NO2. The number of hydrogen-bond donors (Lipinski definition) is 0. The van der Waals surface area contributed by atoms with Gasteiger partial charge in [0, 0.05) is 6.54 Å². The maximum absolute atomic E-state index is 12.1.